The number of carbonyl (C=O) groups is 2. The van der Waals surface area contributed by atoms with Gasteiger partial charge in [-0.15, -0.1) is 0 Å². The maximum atomic E-state index is 12.5. The Hall–Kier alpha value is -4.00. The maximum Gasteiger partial charge on any atom is 0.490 e. The highest BCUT2D eigenvalue weighted by atomic mass is 19.4. The predicted octanol–water partition coefficient (Wildman–Crippen LogP) is 4.81. The molecule has 3 heterocycles. The molecule has 4 rings (SSSR count). The molecule has 0 spiro atoms. The number of ether oxygens (including phenoxy) is 1. The van der Waals surface area contributed by atoms with Crippen molar-refractivity contribution in [1.82, 2.24) is 20.3 Å². The van der Waals surface area contributed by atoms with Crippen molar-refractivity contribution < 1.29 is 32.6 Å². The number of hydrogen-bond donors (Lipinski definition) is 4. The number of benzene rings is 1. The molecule has 0 amide bonds. The summed E-state index contributed by atoms with van der Waals surface area (Å²) in [6.45, 7) is 8.91. The molecule has 1 saturated heterocycles. The molecular formula is C27H33F3N6O4. The number of aliphatic carboxylic acids is 1. The number of pyridine rings is 1. The summed E-state index contributed by atoms with van der Waals surface area (Å²) in [5.74, 6) is -1.25. The summed E-state index contributed by atoms with van der Waals surface area (Å²) < 4.78 is 37.4. The number of hydrogen-bond acceptors (Lipinski definition) is 9. The van der Waals surface area contributed by atoms with Crippen LogP contribution >= 0.6 is 0 Å². The minimum atomic E-state index is -5.08. The van der Waals surface area contributed by atoms with E-state index in [1.165, 1.54) is 0 Å². The molecule has 10 nitrogen and oxygen atoms in total. The first-order chi connectivity index (χ1) is 18.9. The van der Waals surface area contributed by atoms with Gasteiger partial charge in [-0.2, -0.15) is 13.2 Å². The van der Waals surface area contributed by atoms with Crippen molar-refractivity contribution in [3.05, 3.63) is 53.9 Å². The van der Waals surface area contributed by atoms with Crippen LogP contribution in [0, 0.1) is 5.92 Å². The zero-order valence-electron chi connectivity index (χ0n) is 22.5. The number of fused-ring (bicyclic) bond motifs is 1. The van der Waals surface area contributed by atoms with Crippen LogP contribution in [0.5, 0.6) is 0 Å². The number of halogens is 3. The van der Waals surface area contributed by atoms with Crippen molar-refractivity contribution in [2.24, 2.45) is 5.92 Å². The first-order valence-corrected chi connectivity index (χ1v) is 12.9. The van der Waals surface area contributed by atoms with E-state index >= 15 is 0 Å². The zero-order chi connectivity index (χ0) is 29.3. The molecule has 0 unspecified atom stereocenters. The molecule has 1 fully saturated rings. The second kappa shape index (κ2) is 13.9. The smallest absolute Gasteiger partial charge is 0.475 e. The van der Waals surface area contributed by atoms with Crippen molar-refractivity contribution in [3.63, 3.8) is 0 Å². The standard InChI is InChI=1S/C25H32N6O2.C2HF3O2/c1-16(2)29-23-22-20(15-28-25(31-22)27-14-18-9-11-26-12-10-18)13-21(30-23)17(3)33-24(32)19-7-5-4-6-8-19;3-2(4,5)1(6)7/h4-8,13,15-18,26H,9-12,14H2,1-3H3,(H,29,30)(H,27,28,31);(H,6,7)/t17-;/m1./s1. The largest absolute Gasteiger partial charge is 0.490 e. The van der Waals surface area contributed by atoms with E-state index in [-0.39, 0.29) is 12.0 Å². The third kappa shape index (κ3) is 9.04. The second-order valence-electron chi connectivity index (χ2n) is 9.62. The molecule has 1 aromatic carbocycles. The zero-order valence-corrected chi connectivity index (χ0v) is 22.5. The molecule has 216 valence electrons. The van der Waals surface area contributed by atoms with Crippen LogP contribution in [-0.2, 0) is 9.53 Å². The van der Waals surface area contributed by atoms with Crippen molar-refractivity contribution in [1.29, 1.82) is 0 Å². The van der Waals surface area contributed by atoms with Gasteiger partial charge in [0.1, 0.15) is 11.6 Å². The van der Waals surface area contributed by atoms with Crippen molar-refractivity contribution in [2.75, 3.05) is 30.3 Å². The van der Waals surface area contributed by atoms with Crippen LogP contribution in [0.1, 0.15) is 55.8 Å². The number of alkyl halides is 3. The number of carbonyl (C=O) groups excluding carboxylic acids is 1. The van der Waals surface area contributed by atoms with Gasteiger partial charge in [0.15, 0.2) is 5.82 Å². The van der Waals surface area contributed by atoms with Crippen molar-refractivity contribution in [2.45, 2.75) is 51.9 Å². The number of nitrogens with zero attached hydrogens (tertiary/aromatic N) is 3. The molecule has 4 N–H and O–H groups in total. The summed E-state index contributed by atoms with van der Waals surface area (Å²) in [5, 5.41) is 18.1. The minimum absolute atomic E-state index is 0.166. The first kappa shape index (κ1) is 30.5. The fourth-order valence-corrected chi connectivity index (χ4v) is 3.91. The Labute approximate surface area is 229 Å². The Bertz CT molecular complexity index is 1280. The molecule has 1 aliphatic heterocycles. The third-order valence-electron chi connectivity index (χ3n) is 5.97. The number of rotatable bonds is 8. The Morgan fingerprint density at radius 2 is 1.77 bits per heavy atom. The van der Waals surface area contributed by atoms with Crippen LogP contribution in [-0.4, -0.2) is 63.8 Å². The van der Waals surface area contributed by atoms with E-state index in [1.54, 1.807) is 18.3 Å². The highest BCUT2D eigenvalue weighted by Gasteiger charge is 2.38. The number of esters is 1. The van der Waals surface area contributed by atoms with E-state index in [4.69, 9.17) is 24.6 Å². The lowest BCUT2D eigenvalue weighted by Gasteiger charge is -2.22. The number of carboxylic acids is 1. The molecular weight excluding hydrogens is 529 g/mol. The number of aromatic nitrogens is 3. The average Bonchev–Trinajstić information content (AvgIpc) is 2.92. The fourth-order valence-electron chi connectivity index (χ4n) is 3.91. The Kier molecular flexibility index (Phi) is 10.6. The summed E-state index contributed by atoms with van der Waals surface area (Å²) in [5.41, 5.74) is 1.91. The van der Waals surface area contributed by atoms with Crippen LogP contribution in [0.2, 0.25) is 0 Å². The molecule has 13 heteroatoms. The normalized spacial score (nSPS) is 14.7. The molecule has 0 saturated carbocycles. The van der Waals surface area contributed by atoms with Gasteiger partial charge in [0.25, 0.3) is 0 Å². The van der Waals surface area contributed by atoms with Crippen molar-refractivity contribution >= 4 is 34.6 Å². The summed E-state index contributed by atoms with van der Waals surface area (Å²) in [7, 11) is 0. The van der Waals surface area contributed by atoms with Gasteiger partial charge in [0.05, 0.1) is 11.3 Å². The Morgan fingerprint density at radius 3 is 2.38 bits per heavy atom. The van der Waals surface area contributed by atoms with E-state index in [9.17, 15) is 18.0 Å². The molecule has 1 aliphatic rings. The fraction of sp³-hybridized carbons (Fsp3) is 0.444. The number of carboxylic acid groups (broad SMARTS) is 1. The van der Waals surface area contributed by atoms with Gasteiger partial charge in [-0.25, -0.2) is 24.5 Å². The number of nitrogens with one attached hydrogen (secondary N) is 3. The van der Waals surface area contributed by atoms with E-state index in [0.29, 0.717) is 28.9 Å². The summed E-state index contributed by atoms with van der Waals surface area (Å²) in [4.78, 5) is 35.4. The van der Waals surface area contributed by atoms with Crippen LogP contribution < -0.4 is 16.0 Å². The van der Waals surface area contributed by atoms with Gasteiger partial charge in [-0.1, -0.05) is 18.2 Å². The van der Waals surface area contributed by atoms with E-state index in [0.717, 1.165) is 43.4 Å². The molecule has 0 radical (unpaired) electrons. The highest BCUT2D eigenvalue weighted by Crippen LogP contribution is 2.27. The molecule has 3 aromatic rings. The van der Waals surface area contributed by atoms with Gasteiger partial charge >= 0.3 is 18.1 Å². The molecule has 2 aromatic heterocycles. The lowest BCUT2D eigenvalue weighted by molar-refractivity contribution is -0.192. The molecule has 0 aliphatic carbocycles. The average molecular weight is 563 g/mol. The molecule has 40 heavy (non-hydrogen) atoms. The van der Waals surface area contributed by atoms with Crippen molar-refractivity contribution in [3.8, 4) is 0 Å². The van der Waals surface area contributed by atoms with E-state index in [1.807, 2.05) is 31.2 Å². The van der Waals surface area contributed by atoms with Gasteiger partial charge in [-0.3, -0.25) is 0 Å². The van der Waals surface area contributed by atoms with Gasteiger partial charge in [0, 0.05) is 24.2 Å². The van der Waals surface area contributed by atoms with Gasteiger partial charge in [-0.05, 0) is 70.8 Å². The van der Waals surface area contributed by atoms with Crippen LogP contribution in [0.25, 0.3) is 10.9 Å². The van der Waals surface area contributed by atoms with Crippen LogP contribution in [0.4, 0.5) is 24.9 Å². The highest BCUT2D eigenvalue weighted by molar-refractivity contribution is 5.90. The lowest BCUT2D eigenvalue weighted by Crippen LogP contribution is -2.31. The first-order valence-electron chi connectivity index (χ1n) is 12.9. The second-order valence-corrected chi connectivity index (χ2v) is 9.62. The Morgan fingerprint density at radius 1 is 1.12 bits per heavy atom. The number of piperidine rings is 1. The number of anilines is 2. The van der Waals surface area contributed by atoms with Gasteiger partial charge < -0.3 is 25.8 Å². The summed E-state index contributed by atoms with van der Waals surface area (Å²) in [6.07, 6.45) is -1.49. The molecule has 0 bridgehead atoms. The summed E-state index contributed by atoms with van der Waals surface area (Å²) >= 11 is 0. The quantitative estimate of drug-likeness (QED) is 0.283. The van der Waals surface area contributed by atoms with Crippen LogP contribution in [0.15, 0.2) is 42.6 Å². The minimum Gasteiger partial charge on any atom is -0.475 e. The van der Waals surface area contributed by atoms with E-state index < -0.39 is 18.2 Å². The van der Waals surface area contributed by atoms with Gasteiger partial charge in [0.2, 0.25) is 5.95 Å². The predicted molar refractivity (Wildman–Crippen MR) is 144 cm³/mol. The van der Waals surface area contributed by atoms with E-state index in [2.05, 4.69) is 34.8 Å². The van der Waals surface area contributed by atoms with Crippen LogP contribution in [0.3, 0.4) is 0 Å². The monoisotopic (exact) mass is 562 g/mol. The SMILES string of the molecule is CC(C)Nc1nc([C@@H](C)OC(=O)c2ccccc2)cc2cnc(NCC3CCNCC3)nc12.O=C(O)C(F)(F)F. The topological polar surface area (TPSA) is 138 Å². The third-order valence-corrected chi connectivity index (χ3v) is 5.97. The Balaban J connectivity index is 0.000000559. The summed E-state index contributed by atoms with van der Waals surface area (Å²) in [6, 6.07) is 11.0. The lowest BCUT2D eigenvalue weighted by atomic mass is 9.98. The maximum absolute atomic E-state index is 12.5. The molecule has 1 atom stereocenters.